The zero-order valence-corrected chi connectivity index (χ0v) is 25.9. The van der Waals surface area contributed by atoms with E-state index in [1.165, 1.54) is 0 Å². The maximum absolute atomic E-state index is 14.2. The summed E-state index contributed by atoms with van der Waals surface area (Å²) in [5, 5.41) is 9.72. The van der Waals surface area contributed by atoms with Crippen molar-refractivity contribution in [1.82, 2.24) is 10.9 Å². The summed E-state index contributed by atoms with van der Waals surface area (Å²) in [6.07, 6.45) is 0.899. The van der Waals surface area contributed by atoms with Gasteiger partial charge in [-0.2, -0.15) is 0 Å². The van der Waals surface area contributed by atoms with E-state index in [1.807, 2.05) is 103 Å². The van der Waals surface area contributed by atoms with Gasteiger partial charge in [-0.25, -0.2) is 10.4 Å². The lowest BCUT2D eigenvalue weighted by Crippen LogP contribution is -2.54. The molecule has 5 rings (SSSR count). The molecular formula is C34H33BrClN3O4. The molecule has 1 amide bonds. The van der Waals surface area contributed by atoms with E-state index in [0.29, 0.717) is 49.1 Å². The Kier molecular flexibility index (Phi) is 10.5. The van der Waals surface area contributed by atoms with E-state index in [0.717, 1.165) is 26.7 Å². The van der Waals surface area contributed by atoms with Crippen LogP contribution in [0.3, 0.4) is 0 Å². The van der Waals surface area contributed by atoms with Crippen LogP contribution in [-0.2, 0) is 22.4 Å². The normalized spacial score (nSPS) is 17.7. The van der Waals surface area contributed by atoms with Gasteiger partial charge in [-0.3, -0.25) is 10.2 Å². The fraction of sp³-hybridized carbons (Fsp3) is 0.235. The summed E-state index contributed by atoms with van der Waals surface area (Å²) in [5.41, 5.74) is 8.37. The third kappa shape index (κ3) is 7.83. The summed E-state index contributed by atoms with van der Waals surface area (Å²) in [4.78, 5) is 19.3. The largest absolute Gasteiger partial charge is 0.494 e. The van der Waals surface area contributed by atoms with E-state index >= 15 is 0 Å². The number of hydrogen-bond donors (Lipinski definition) is 3. The molecule has 0 fully saturated rings. The number of amides is 1. The molecule has 43 heavy (non-hydrogen) atoms. The molecule has 9 heteroatoms. The Morgan fingerprint density at radius 2 is 1.65 bits per heavy atom. The van der Waals surface area contributed by atoms with Gasteiger partial charge in [0.15, 0.2) is 11.6 Å². The number of aliphatic hydroxyl groups excluding tert-OH is 1. The molecule has 0 aliphatic carbocycles. The maximum atomic E-state index is 14.2. The SMILES string of the molecule is O=C(NNCCc1ccc(Cl)cc1)[C@@]1(Cc2ccc(Br)cc2)N=C(c2ccc(OCCCO)cc2)O[C@H]1c1ccccc1. The predicted octanol–water partition coefficient (Wildman–Crippen LogP) is 6.23. The van der Waals surface area contributed by atoms with E-state index in [9.17, 15) is 4.79 Å². The second kappa shape index (κ2) is 14.7. The van der Waals surface area contributed by atoms with Gasteiger partial charge in [0.2, 0.25) is 5.90 Å². The Labute approximate surface area is 265 Å². The minimum absolute atomic E-state index is 0.0715. The Balaban J connectivity index is 1.45. The number of aliphatic hydroxyl groups is 1. The molecular weight excluding hydrogens is 630 g/mol. The van der Waals surface area contributed by atoms with E-state index in [2.05, 4.69) is 26.8 Å². The van der Waals surface area contributed by atoms with Crippen molar-refractivity contribution in [2.45, 2.75) is 30.9 Å². The van der Waals surface area contributed by atoms with Crippen LogP contribution in [0.4, 0.5) is 0 Å². The van der Waals surface area contributed by atoms with Gasteiger partial charge in [0.25, 0.3) is 5.91 Å². The quantitative estimate of drug-likeness (QED) is 0.117. The maximum Gasteiger partial charge on any atom is 0.266 e. The monoisotopic (exact) mass is 661 g/mol. The molecule has 0 bridgehead atoms. The molecule has 4 aromatic rings. The Bertz CT molecular complexity index is 1520. The topological polar surface area (TPSA) is 92.2 Å². The summed E-state index contributed by atoms with van der Waals surface area (Å²) in [6.45, 7) is 1.01. The first kappa shape index (κ1) is 30.8. The third-order valence-electron chi connectivity index (χ3n) is 7.17. The highest BCUT2D eigenvalue weighted by Crippen LogP contribution is 2.42. The van der Waals surface area contributed by atoms with Crippen molar-refractivity contribution < 1.29 is 19.4 Å². The zero-order valence-electron chi connectivity index (χ0n) is 23.5. The molecule has 0 saturated heterocycles. The van der Waals surface area contributed by atoms with Crippen molar-refractivity contribution in [1.29, 1.82) is 0 Å². The average molecular weight is 663 g/mol. The molecule has 0 saturated carbocycles. The summed E-state index contributed by atoms with van der Waals surface area (Å²) >= 11 is 9.53. The number of rotatable bonds is 13. The van der Waals surface area contributed by atoms with E-state index in [4.69, 9.17) is 31.2 Å². The molecule has 0 spiro atoms. The number of halogens is 2. The lowest BCUT2D eigenvalue weighted by molar-refractivity contribution is -0.130. The van der Waals surface area contributed by atoms with Crippen LogP contribution < -0.4 is 15.6 Å². The lowest BCUT2D eigenvalue weighted by Gasteiger charge is -2.31. The van der Waals surface area contributed by atoms with Gasteiger partial charge in [-0.1, -0.05) is 82.1 Å². The molecule has 7 nitrogen and oxygen atoms in total. The summed E-state index contributed by atoms with van der Waals surface area (Å²) in [6, 6.07) is 32.7. The second-order valence-corrected chi connectivity index (χ2v) is 11.6. The highest BCUT2D eigenvalue weighted by molar-refractivity contribution is 9.10. The first-order chi connectivity index (χ1) is 21.0. The van der Waals surface area contributed by atoms with Crippen molar-refractivity contribution >= 4 is 39.3 Å². The molecule has 2 atom stereocenters. The lowest BCUT2D eigenvalue weighted by atomic mass is 9.82. The van der Waals surface area contributed by atoms with Crippen molar-refractivity contribution in [3.8, 4) is 5.75 Å². The van der Waals surface area contributed by atoms with Crippen molar-refractivity contribution in [2.24, 2.45) is 4.99 Å². The molecule has 4 aromatic carbocycles. The molecule has 0 unspecified atom stereocenters. The van der Waals surface area contributed by atoms with Crippen molar-refractivity contribution in [3.05, 3.63) is 135 Å². The smallest absolute Gasteiger partial charge is 0.266 e. The number of hydrazine groups is 1. The Morgan fingerprint density at radius 3 is 2.35 bits per heavy atom. The van der Waals surface area contributed by atoms with E-state index in [1.54, 1.807) is 0 Å². The van der Waals surface area contributed by atoms with Gasteiger partial charge >= 0.3 is 0 Å². The fourth-order valence-electron chi connectivity index (χ4n) is 4.93. The zero-order chi connectivity index (χ0) is 30.1. The predicted molar refractivity (Wildman–Crippen MR) is 172 cm³/mol. The highest BCUT2D eigenvalue weighted by Gasteiger charge is 2.53. The number of aliphatic imine (C=N–C) groups is 1. The van der Waals surface area contributed by atoms with Gasteiger partial charge in [0, 0.05) is 41.1 Å². The first-order valence-corrected chi connectivity index (χ1v) is 15.3. The number of carbonyl (C=O) groups is 1. The van der Waals surface area contributed by atoms with Crippen molar-refractivity contribution in [3.63, 3.8) is 0 Å². The Morgan fingerprint density at radius 1 is 0.953 bits per heavy atom. The van der Waals surface area contributed by atoms with Crippen LogP contribution in [0.1, 0.15) is 34.8 Å². The minimum atomic E-state index is -1.30. The molecule has 0 aromatic heterocycles. The average Bonchev–Trinajstić information content (AvgIpc) is 3.42. The number of ether oxygens (including phenoxy) is 2. The van der Waals surface area contributed by atoms with E-state index < -0.39 is 11.6 Å². The van der Waals surface area contributed by atoms with Gasteiger partial charge in [0.1, 0.15) is 5.75 Å². The fourth-order valence-corrected chi connectivity index (χ4v) is 5.32. The molecule has 1 heterocycles. The van der Waals surface area contributed by atoms with Crippen LogP contribution in [0.2, 0.25) is 5.02 Å². The molecule has 222 valence electrons. The summed E-state index contributed by atoms with van der Waals surface area (Å²) < 4.78 is 13.2. The van der Waals surface area contributed by atoms with Crippen LogP contribution in [0.15, 0.2) is 113 Å². The minimum Gasteiger partial charge on any atom is -0.494 e. The third-order valence-corrected chi connectivity index (χ3v) is 7.95. The number of carbonyl (C=O) groups excluding carboxylic acids is 1. The van der Waals surface area contributed by atoms with Gasteiger partial charge in [-0.05, 0) is 71.6 Å². The number of nitrogens with zero attached hydrogens (tertiary/aromatic N) is 1. The van der Waals surface area contributed by atoms with Crippen LogP contribution in [0, 0.1) is 0 Å². The summed E-state index contributed by atoms with van der Waals surface area (Å²) in [7, 11) is 0. The van der Waals surface area contributed by atoms with Gasteiger partial charge < -0.3 is 14.6 Å². The molecule has 1 aliphatic heterocycles. The van der Waals surface area contributed by atoms with E-state index in [-0.39, 0.29) is 12.5 Å². The van der Waals surface area contributed by atoms with Gasteiger partial charge in [0.05, 0.1) is 6.61 Å². The summed E-state index contributed by atoms with van der Waals surface area (Å²) in [5.74, 6) is 0.766. The Hall–Kier alpha value is -3.69. The van der Waals surface area contributed by atoms with Crippen LogP contribution in [0.5, 0.6) is 5.75 Å². The first-order valence-electron chi connectivity index (χ1n) is 14.1. The number of benzene rings is 4. The van der Waals surface area contributed by atoms with Crippen LogP contribution >= 0.6 is 27.5 Å². The van der Waals surface area contributed by atoms with Crippen LogP contribution in [0.25, 0.3) is 0 Å². The number of nitrogens with one attached hydrogen (secondary N) is 2. The van der Waals surface area contributed by atoms with Gasteiger partial charge in [-0.15, -0.1) is 0 Å². The second-order valence-electron chi connectivity index (χ2n) is 10.3. The molecule has 1 aliphatic rings. The standard InChI is InChI=1S/C34H33BrClN3O4/c35-28-13-7-25(8-14-28)23-34(33(41)39-37-20-19-24-9-15-29(36)16-10-24)31(26-5-2-1-3-6-26)43-32(38-34)27-11-17-30(18-12-27)42-22-4-21-40/h1-3,5-18,31,37,40H,4,19-23H2,(H,39,41)/t31-,34-/m0/s1. The molecule has 3 N–H and O–H groups in total. The van der Waals surface area contributed by atoms with Crippen molar-refractivity contribution in [2.75, 3.05) is 19.8 Å². The molecule has 0 radical (unpaired) electrons. The highest BCUT2D eigenvalue weighted by atomic mass is 79.9. The number of hydrogen-bond acceptors (Lipinski definition) is 6. The van der Waals surface area contributed by atoms with Crippen LogP contribution in [-0.4, -0.2) is 42.2 Å².